The van der Waals surface area contributed by atoms with Crippen LogP contribution in [0.2, 0.25) is 0 Å². The molecule has 214 valence electrons. The largest absolute Gasteiger partial charge is 0.461 e. The lowest BCUT2D eigenvalue weighted by Crippen LogP contribution is -2.51. The Labute approximate surface area is 232 Å². The first-order chi connectivity index (χ1) is 18.8. The molecule has 0 aromatic heterocycles. The molecule has 0 amide bonds. The van der Waals surface area contributed by atoms with Gasteiger partial charge in [-0.05, 0) is 36.8 Å². The Balaban J connectivity index is 1.71. The molecule has 0 aliphatic heterocycles. The van der Waals surface area contributed by atoms with Gasteiger partial charge in [-0.2, -0.15) is 0 Å². The van der Waals surface area contributed by atoms with Crippen molar-refractivity contribution in [3.8, 4) is 0 Å². The van der Waals surface area contributed by atoms with Gasteiger partial charge in [0.25, 0.3) is 0 Å². The van der Waals surface area contributed by atoms with Crippen molar-refractivity contribution in [3.05, 3.63) is 71.8 Å². The summed E-state index contributed by atoms with van der Waals surface area (Å²) in [4.78, 5) is 26.6. The number of esters is 2. The van der Waals surface area contributed by atoms with Gasteiger partial charge in [-0.25, -0.2) is 0 Å². The average Bonchev–Trinajstić information content (AvgIpc) is 2.95. The van der Waals surface area contributed by atoms with Gasteiger partial charge in [-0.15, -0.1) is 0 Å². The van der Waals surface area contributed by atoms with Crippen LogP contribution in [0.5, 0.6) is 0 Å². The molecule has 0 spiro atoms. The summed E-state index contributed by atoms with van der Waals surface area (Å²) in [6, 6.07) is 19.0. The Kier molecular flexibility index (Phi) is 12.4. The Morgan fingerprint density at radius 1 is 0.897 bits per heavy atom. The predicted octanol–water partition coefficient (Wildman–Crippen LogP) is 4.64. The van der Waals surface area contributed by atoms with E-state index in [0.29, 0.717) is 13.0 Å². The lowest BCUT2D eigenvalue weighted by molar-refractivity contribution is -0.193. The molecule has 6 atom stereocenters. The highest BCUT2D eigenvalue weighted by molar-refractivity contribution is 5.75. The van der Waals surface area contributed by atoms with Crippen molar-refractivity contribution in [1.29, 1.82) is 0 Å². The minimum atomic E-state index is -0.766. The molecule has 1 aliphatic rings. The van der Waals surface area contributed by atoms with Crippen LogP contribution in [0, 0.1) is 17.8 Å². The van der Waals surface area contributed by atoms with E-state index in [0.717, 1.165) is 24.0 Å². The lowest BCUT2D eigenvalue weighted by Gasteiger charge is -2.37. The molecule has 3 rings (SSSR count). The maximum absolute atomic E-state index is 13.6. The highest BCUT2D eigenvalue weighted by Gasteiger charge is 2.42. The minimum Gasteiger partial charge on any atom is -0.461 e. The molecule has 0 saturated heterocycles. The summed E-state index contributed by atoms with van der Waals surface area (Å²) in [6.07, 6.45) is 0.268. The van der Waals surface area contributed by atoms with Crippen LogP contribution in [0.1, 0.15) is 51.2 Å². The molecular formula is C31H43NO7. The van der Waals surface area contributed by atoms with Crippen LogP contribution in [0.15, 0.2) is 60.7 Å². The van der Waals surface area contributed by atoms with E-state index in [-0.39, 0.29) is 25.4 Å². The number of carbonyl (C=O) groups is 2. The molecule has 1 saturated carbocycles. The van der Waals surface area contributed by atoms with E-state index in [4.69, 9.17) is 29.4 Å². The van der Waals surface area contributed by atoms with Gasteiger partial charge in [-0.3, -0.25) is 9.59 Å². The van der Waals surface area contributed by atoms with Crippen molar-refractivity contribution in [1.82, 2.24) is 0 Å². The second-order valence-corrected chi connectivity index (χ2v) is 10.5. The monoisotopic (exact) mass is 541 g/mol. The minimum absolute atomic E-state index is 0.0567. The third kappa shape index (κ3) is 9.14. The summed E-state index contributed by atoms with van der Waals surface area (Å²) in [5.74, 6) is -2.19. The summed E-state index contributed by atoms with van der Waals surface area (Å²) < 4.78 is 28.9. The average molecular weight is 542 g/mol. The van der Waals surface area contributed by atoms with E-state index in [1.54, 1.807) is 6.92 Å². The van der Waals surface area contributed by atoms with E-state index >= 15 is 0 Å². The van der Waals surface area contributed by atoms with Crippen molar-refractivity contribution < 1.29 is 33.3 Å². The van der Waals surface area contributed by atoms with Crippen LogP contribution in [-0.4, -0.2) is 50.2 Å². The second kappa shape index (κ2) is 15.7. The number of rotatable bonds is 14. The third-order valence-electron chi connectivity index (χ3n) is 7.16. The van der Waals surface area contributed by atoms with Gasteiger partial charge in [0.1, 0.15) is 25.6 Å². The molecule has 8 heteroatoms. The van der Waals surface area contributed by atoms with Crippen molar-refractivity contribution in [2.24, 2.45) is 23.5 Å². The van der Waals surface area contributed by atoms with Crippen LogP contribution < -0.4 is 5.73 Å². The maximum atomic E-state index is 13.6. The SMILES string of the molecule is COCO[C@H]([C@H](C)C(=O)OCc1ccccc1)[C@@H](OC(=O)[C@H]1CCC[C@H](N)[C@H]1OCc1ccccc1)C(C)C. The molecule has 2 aromatic carbocycles. The first-order valence-electron chi connectivity index (χ1n) is 13.7. The first kappa shape index (κ1) is 30.8. The molecule has 1 fully saturated rings. The van der Waals surface area contributed by atoms with Gasteiger partial charge >= 0.3 is 11.9 Å². The van der Waals surface area contributed by atoms with Crippen molar-refractivity contribution in [3.63, 3.8) is 0 Å². The maximum Gasteiger partial charge on any atom is 0.312 e. The zero-order chi connectivity index (χ0) is 28.2. The summed E-state index contributed by atoms with van der Waals surface area (Å²) in [6.45, 7) is 6.03. The number of ether oxygens (including phenoxy) is 5. The molecule has 0 unspecified atom stereocenters. The smallest absolute Gasteiger partial charge is 0.312 e. The summed E-state index contributed by atoms with van der Waals surface area (Å²) in [5.41, 5.74) is 8.32. The van der Waals surface area contributed by atoms with Crippen LogP contribution >= 0.6 is 0 Å². The highest BCUT2D eigenvalue weighted by atomic mass is 16.7. The van der Waals surface area contributed by atoms with Crippen LogP contribution in [0.4, 0.5) is 0 Å². The van der Waals surface area contributed by atoms with Gasteiger partial charge in [0.15, 0.2) is 0 Å². The molecule has 1 aliphatic carbocycles. The van der Waals surface area contributed by atoms with Gasteiger partial charge < -0.3 is 29.4 Å². The Hall–Kier alpha value is -2.78. The summed E-state index contributed by atoms with van der Waals surface area (Å²) >= 11 is 0. The molecule has 2 aromatic rings. The quantitative estimate of drug-likeness (QED) is 0.272. The standard InChI is InChI=1S/C31H43NO7/c1-21(2)27(28(38-20-35-4)22(3)30(33)37-19-24-14-9-6-10-15-24)39-31(34)25-16-11-17-26(32)29(25)36-18-23-12-7-5-8-13-23/h5-10,12-15,21-22,25-29H,11,16-20,32H2,1-4H3/t22-,25-,26-,27-,28+,29-/m0/s1. The van der Waals surface area contributed by atoms with Gasteiger partial charge in [0.05, 0.1) is 24.5 Å². The number of nitrogens with two attached hydrogens (primary N) is 1. The van der Waals surface area contributed by atoms with E-state index in [9.17, 15) is 9.59 Å². The number of benzene rings is 2. The van der Waals surface area contributed by atoms with Crippen LogP contribution in [0.3, 0.4) is 0 Å². The molecule has 39 heavy (non-hydrogen) atoms. The van der Waals surface area contributed by atoms with Gasteiger partial charge in [0, 0.05) is 13.2 Å². The molecule has 0 bridgehead atoms. The number of methoxy groups -OCH3 is 1. The number of carbonyl (C=O) groups excluding carboxylic acids is 2. The predicted molar refractivity (Wildman–Crippen MR) is 147 cm³/mol. The van der Waals surface area contributed by atoms with E-state index in [1.165, 1.54) is 7.11 Å². The zero-order valence-electron chi connectivity index (χ0n) is 23.5. The fraction of sp³-hybridized carbons (Fsp3) is 0.548. The second-order valence-electron chi connectivity index (χ2n) is 10.5. The molecule has 8 nitrogen and oxygen atoms in total. The highest BCUT2D eigenvalue weighted by Crippen LogP contribution is 2.31. The van der Waals surface area contributed by atoms with Crippen molar-refractivity contribution >= 4 is 11.9 Å². The molecule has 0 radical (unpaired) electrons. The fourth-order valence-electron chi connectivity index (χ4n) is 4.93. The fourth-order valence-corrected chi connectivity index (χ4v) is 4.93. The molecule has 0 heterocycles. The van der Waals surface area contributed by atoms with E-state index < -0.39 is 42.1 Å². The van der Waals surface area contributed by atoms with Gasteiger partial charge in [0.2, 0.25) is 0 Å². The van der Waals surface area contributed by atoms with Crippen LogP contribution in [0.25, 0.3) is 0 Å². The lowest BCUT2D eigenvalue weighted by atomic mass is 9.83. The topological polar surface area (TPSA) is 106 Å². The molecule has 2 N–H and O–H groups in total. The summed E-state index contributed by atoms with van der Waals surface area (Å²) in [7, 11) is 1.50. The van der Waals surface area contributed by atoms with E-state index in [2.05, 4.69) is 0 Å². The Morgan fingerprint density at radius 2 is 1.51 bits per heavy atom. The first-order valence-corrected chi connectivity index (χ1v) is 13.7. The number of hydrogen-bond acceptors (Lipinski definition) is 8. The van der Waals surface area contributed by atoms with Crippen molar-refractivity contribution in [2.45, 2.75) is 77.6 Å². The Bertz CT molecular complexity index is 1000. The van der Waals surface area contributed by atoms with Crippen molar-refractivity contribution in [2.75, 3.05) is 13.9 Å². The van der Waals surface area contributed by atoms with Gasteiger partial charge in [-0.1, -0.05) is 80.9 Å². The summed E-state index contributed by atoms with van der Waals surface area (Å²) in [5, 5.41) is 0. The zero-order valence-corrected chi connectivity index (χ0v) is 23.5. The molecular weight excluding hydrogens is 498 g/mol. The number of hydrogen-bond donors (Lipinski definition) is 1. The van der Waals surface area contributed by atoms with Crippen LogP contribution in [-0.2, 0) is 46.5 Å². The Morgan fingerprint density at radius 3 is 2.10 bits per heavy atom. The third-order valence-corrected chi connectivity index (χ3v) is 7.16. The normalized spacial score (nSPS) is 21.6. The van der Waals surface area contributed by atoms with E-state index in [1.807, 2.05) is 74.5 Å².